The Morgan fingerprint density at radius 3 is 2.28 bits per heavy atom. The molecule has 0 spiro atoms. The molecule has 29 heavy (non-hydrogen) atoms. The Morgan fingerprint density at radius 2 is 1.66 bits per heavy atom. The first-order valence-electron chi connectivity index (χ1n) is 8.81. The first kappa shape index (κ1) is 19.5. The number of benzene rings is 3. The molecule has 3 nitrogen and oxygen atoms in total. The normalized spacial score (nSPS) is 11.8. The van der Waals surface area contributed by atoms with Gasteiger partial charge in [-0.15, -0.1) is 0 Å². The lowest BCUT2D eigenvalue weighted by atomic mass is 10.1. The molecule has 0 atom stereocenters. The lowest BCUT2D eigenvalue weighted by Crippen LogP contribution is -2.05. The van der Waals surface area contributed by atoms with E-state index in [4.69, 9.17) is 4.74 Å². The van der Waals surface area contributed by atoms with Crippen LogP contribution in [-0.2, 0) is 12.7 Å². The summed E-state index contributed by atoms with van der Waals surface area (Å²) < 4.78 is 47.5. The van der Waals surface area contributed by atoms with Gasteiger partial charge >= 0.3 is 6.18 Å². The Balaban J connectivity index is 1.86. The molecule has 1 aromatic heterocycles. The van der Waals surface area contributed by atoms with Crippen molar-refractivity contribution in [3.63, 3.8) is 0 Å². The molecule has 148 valence electrons. The van der Waals surface area contributed by atoms with Crippen LogP contribution in [0.2, 0.25) is 0 Å². The Hall–Kier alpha value is -2.80. The Morgan fingerprint density at radius 1 is 0.966 bits per heavy atom. The van der Waals surface area contributed by atoms with Crippen LogP contribution in [-0.4, -0.2) is 16.7 Å². The number of fused-ring (bicyclic) bond motifs is 1. The first-order valence-corrected chi connectivity index (χ1v) is 9.61. The quantitative estimate of drug-likeness (QED) is 0.345. The van der Waals surface area contributed by atoms with Gasteiger partial charge in [-0.25, -0.2) is 4.98 Å². The van der Waals surface area contributed by atoms with Crippen molar-refractivity contribution in [1.29, 1.82) is 0 Å². The van der Waals surface area contributed by atoms with Crippen molar-refractivity contribution < 1.29 is 17.9 Å². The molecule has 0 aliphatic rings. The molecule has 0 N–H and O–H groups in total. The number of rotatable bonds is 4. The summed E-state index contributed by atoms with van der Waals surface area (Å²) in [5, 5.41) is 0. The van der Waals surface area contributed by atoms with Gasteiger partial charge in [0.05, 0.1) is 23.7 Å². The highest BCUT2D eigenvalue weighted by atomic mass is 79.9. The summed E-state index contributed by atoms with van der Waals surface area (Å²) in [6.07, 6.45) is -4.41. The second-order valence-electron chi connectivity index (χ2n) is 6.58. The van der Waals surface area contributed by atoms with Gasteiger partial charge in [0.1, 0.15) is 11.6 Å². The lowest BCUT2D eigenvalue weighted by molar-refractivity contribution is -0.137. The lowest BCUT2D eigenvalue weighted by Gasteiger charge is -2.11. The highest BCUT2D eigenvalue weighted by molar-refractivity contribution is 9.10. The van der Waals surface area contributed by atoms with E-state index in [1.54, 1.807) is 7.11 Å². The van der Waals surface area contributed by atoms with Gasteiger partial charge in [-0.3, -0.25) is 0 Å². The molecule has 3 aromatic carbocycles. The molecule has 4 aromatic rings. The van der Waals surface area contributed by atoms with E-state index in [0.29, 0.717) is 23.4 Å². The second kappa shape index (κ2) is 7.55. The van der Waals surface area contributed by atoms with Crippen molar-refractivity contribution in [2.45, 2.75) is 12.7 Å². The van der Waals surface area contributed by atoms with E-state index in [1.807, 2.05) is 53.1 Å². The smallest absolute Gasteiger partial charge is 0.416 e. The zero-order valence-electron chi connectivity index (χ0n) is 15.4. The zero-order valence-corrected chi connectivity index (χ0v) is 17.0. The molecule has 0 fully saturated rings. The maximum Gasteiger partial charge on any atom is 0.416 e. The summed E-state index contributed by atoms with van der Waals surface area (Å²) in [6.45, 7) is 0.470. The van der Waals surface area contributed by atoms with Crippen molar-refractivity contribution >= 4 is 27.0 Å². The van der Waals surface area contributed by atoms with Crippen LogP contribution in [0.1, 0.15) is 11.1 Å². The number of aromatic nitrogens is 2. The second-order valence-corrected chi connectivity index (χ2v) is 7.49. The molecule has 4 rings (SSSR count). The van der Waals surface area contributed by atoms with E-state index in [-0.39, 0.29) is 0 Å². The minimum atomic E-state index is -4.41. The fraction of sp³-hybridized carbons (Fsp3) is 0.136. The number of imidazole rings is 1. The highest BCUT2D eigenvalue weighted by Crippen LogP contribution is 2.33. The molecule has 0 amide bonds. The summed E-state index contributed by atoms with van der Waals surface area (Å²) in [5.41, 5.74) is 2.06. The minimum absolute atomic E-state index is 0.311. The molecule has 0 bridgehead atoms. The molecule has 0 saturated carbocycles. The maximum absolute atomic E-state index is 13.2. The predicted octanol–water partition coefficient (Wildman–Crippen LogP) is 6.54. The van der Waals surface area contributed by atoms with E-state index in [9.17, 15) is 13.2 Å². The van der Waals surface area contributed by atoms with Crippen LogP contribution in [0.25, 0.3) is 22.4 Å². The maximum atomic E-state index is 13.2. The third-order valence-electron chi connectivity index (χ3n) is 4.68. The van der Waals surface area contributed by atoms with Crippen molar-refractivity contribution in [3.8, 4) is 17.1 Å². The summed E-state index contributed by atoms with van der Waals surface area (Å²) in [7, 11) is 1.60. The monoisotopic (exact) mass is 460 g/mol. The van der Waals surface area contributed by atoms with E-state index in [0.717, 1.165) is 33.5 Å². The van der Waals surface area contributed by atoms with Crippen molar-refractivity contribution in [3.05, 3.63) is 82.3 Å². The number of alkyl halides is 3. The van der Waals surface area contributed by atoms with Crippen LogP contribution >= 0.6 is 15.9 Å². The molecule has 7 heteroatoms. The third kappa shape index (κ3) is 4.00. The zero-order chi connectivity index (χ0) is 20.6. The van der Waals surface area contributed by atoms with Crippen LogP contribution in [0.4, 0.5) is 13.2 Å². The number of halogens is 4. The fourth-order valence-corrected chi connectivity index (χ4v) is 3.46. The molecule has 0 aliphatic heterocycles. The minimum Gasteiger partial charge on any atom is -0.497 e. The molecular formula is C22H16BrF3N2O. The van der Waals surface area contributed by atoms with Gasteiger partial charge in [0.2, 0.25) is 0 Å². The van der Waals surface area contributed by atoms with Crippen LogP contribution in [0.15, 0.2) is 71.2 Å². The van der Waals surface area contributed by atoms with Crippen molar-refractivity contribution in [2.75, 3.05) is 7.11 Å². The summed E-state index contributed by atoms with van der Waals surface area (Å²) in [6, 6.07) is 18.8. The van der Waals surface area contributed by atoms with E-state index in [2.05, 4.69) is 20.9 Å². The van der Waals surface area contributed by atoms with E-state index >= 15 is 0 Å². The third-order valence-corrected chi connectivity index (χ3v) is 5.21. The Bertz CT molecular complexity index is 1150. The average Bonchev–Trinajstić information content (AvgIpc) is 3.06. The molecule has 0 saturated heterocycles. The van der Waals surface area contributed by atoms with Gasteiger partial charge in [0.25, 0.3) is 0 Å². The first-order chi connectivity index (χ1) is 13.8. The van der Waals surface area contributed by atoms with Crippen LogP contribution in [0.5, 0.6) is 5.75 Å². The molecule has 0 unspecified atom stereocenters. The largest absolute Gasteiger partial charge is 0.497 e. The SMILES string of the molecule is COc1ccc(Cn2c(-c3ccc(Br)cc3)nc3cc(C(F)(F)F)ccc32)cc1. The molecule has 1 heterocycles. The predicted molar refractivity (Wildman–Crippen MR) is 110 cm³/mol. The van der Waals surface area contributed by atoms with Gasteiger partial charge in [-0.1, -0.05) is 40.2 Å². The van der Waals surface area contributed by atoms with Gasteiger partial charge in [-0.05, 0) is 48.0 Å². The summed E-state index contributed by atoms with van der Waals surface area (Å²) >= 11 is 3.41. The molecule has 0 aliphatic carbocycles. The van der Waals surface area contributed by atoms with Gasteiger partial charge in [-0.2, -0.15) is 13.2 Å². The summed E-state index contributed by atoms with van der Waals surface area (Å²) in [4.78, 5) is 4.54. The average molecular weight is 461 g/mol. The number of ether oxygens (including phenoxy) is 1. The Labute approximate surface area is 173 Å². The van der Waals surface area contributed by atoms with E-state index < -0.39 is 11.7 Å². The standard InChI is InChI=1S/C22H16BrF3N2O/c1-29-18-9-2-14(3-10-18)13-28-20-11-6-16(22(24,25)26)12-19(20)27-21(28)15-4-7-17(23)8-5-15/h2-12H,13H2,1H3. The van der Waals surface area contributed by atoms with Gasteiger partial charge in [0, 0.05) is 16.6 Å². The molecule has 0 radical (unpaired) electrons. The number of nitrogens with zero attached hydrogens (tertiary/aromatic N) is 2. The number of hydrogen-bond acceptors (Lipinski definition) is 2. The fourth-order valence-electron chi connectivity index (χ4n) is 3.20. The van der Waals surface area contributed by atoms with Crippen molar-refractivity contribution in [1.82, 2.24) is 9.55 Å². The number of methoxy groups -OCH3 is 1. The topological polar surface area (TPSA) is 27.1 Å². The van der Waals surface area contributed by atoms with Crippen molar-refractivity contribution in [2.24, 2.45) is 0 Å². The van der Waals surface area contributed by atoms with Gasteiger partial charge < -0.3 is 9.30 Å². The van der Waals surface area contributed by atoms with Crippen LogP contribution in [0, 0.1) is 0 Å². The Kier molecular flexibility index (Phi) is 5.08. The van der Waals surface area contributed by atoms with E-state index in [1.165, 1.54) is 6.07 Å². The van der Waals surface area contributed by atoms with Crippen LogP contribution in [0.3, 0.4) is 0 Å². The molecular weight excluding hydrogens is 445 g/mol. The summed E-state index contributed by atoms with van der Waals surface area (Å²) in [5.74, 6) is 1.36. The highest BCUT2D eigenvalue weighted by Gasteiger charge is 2.31. The number of hydrogen-bond donors (Lipinski definition) is 0. The van der Waals surface area contributed by atoms with Gasteiger partial charge in [0.15, 0.2) is 0 Å². The van der Waals surface area contributed by atoms with Crippen LogP contribution < -0.4 is 4.74 Å².